The van der Waals surface area contributed by atoms with Crippen molar-refractivity contribution in [1.82, 2.24) is 5.32 Å². The first-order valence-corrected chi connectivity index (χ1v) is 13.7. The number of ether oxygens (including phenoxy) is 3. The fraction of sp³-hybridized carbons (Fsp3) is 0.759. The Morgan fingerprint density at radius 1 is 1.17 bits per heavy atom. The van der Waals surface area contributed by atoms with Gasteiger partial charge in [0.05, 0.1) is 5.57 Å². The lowest BCUT2D eigenvalue weighted by atomic mass is 9.46. The molecule has 3 fully saturated rings. The first-order valence-electron chi connectivity index (χ1n) is 13.7. The highest BCUT2D eigenvalue weighted by molar-refractivity contribution is 5.91. The number of esters is 3. The summed E-state index contributed by atoms with van der Waals surface area (Å²) in [6.07, 6.45) is 10.5. The van der Waals surface area contributed by atoms with Gasteiger partial charge < -0.3 is 19.5 Å². The molecule has 0 spiro atoms. The fourth-order valence-corrected chi connectivity index (χ4v) is 7.81. The van der Waals surface area contributed by atoms with Gasteiger partial charge in [0.25, 0.3) is 0 Å². The molecule has 0 aromatic rings. The van der Waals surface area contributed by atoms with Crippen LogP contribution in [0.25, 0.3) is 0 Å². The van der Waals surface area contributed by atoms with Gasteiger partial charge in [-0.1, -0.05) is 38.8 Å². The van der Waals surface area contributed by atoms with Gasteiger partial charge in [-0.05, 0) is 68.3 Å². The van der Waals surface area contributed by atoms with Crippen LogP contribution in [0.1, 0.15) is 85.5 Å². The molecule has 4 rings (SSSR count). The van der Waals surface area contributed by atoms with Crippen LogP contribution >= 0.6 is 0 Å². The van der Waals surface area contributed by atoms with Gasteiger partial charge in [0.2, 0.25) is 0 Å². The van der Waals surface area contributed by atoms with Gasteiger partial charge in [0, 0.05) is 31.3 Å². The van der Waals surface area contributed by atoms with E-state index in [0.717, 1.165) is 44.1 Å². The van der Waals surface area contributed by atoms with E-state index in [1.807, 2.05) is 6.08 Å². The van der Waals surface area contributed by atoms with Crippen LogP contribution in [0.15, 0.2) is 23.8 Å². The maximum absolute atomic E-state index is 12.6. The van der Waals surface area contributed by atoms with E-state index in [-0.39, 0.29) is 53.9 Å². The largest absolute Gasteiger partial charge is 0.465 e. The summed E-state index contributed by atoms with van der Waals surface area (Å²) in [6.45, 7) is 12.4. The molecule has 3 saturated carbocycles. The lowest BCUT2D eigenvalue weighted by Crippen LogP contribution is -2.59. The summed E-state index contributed by atoms with van der Waals surface area (Å²) in [5.41, 5.74) is 1.35. The third-order valence-corrected chi connectivity index (χ3v) is 9.60. The summed E-state index contributed by atoms with van der Waals surface area (Å²) in [6, 6.07) is 0.338. The van der Waals surface area contributed by atoms with Crippen LogP contribution in [0, 0.1) is 22.7 Å². The van der Waals surface area contributed by atoms with Crippen LogP contribution in [0.4, 0.5) is 0 Å². The highest BCUT2D eigenvalue weighted by atomic mass is 16.6. The molecule has 6 atom stereocenters. The Morgan fingerprint density at radius 2 is 1.89 bits per heavy atom. The van der Waals surface area contributed by atoms with E-state index in [2.05, 4.69) is 25.7 Å². The molecule has 1 aliphatic heterocycles. The summed E-state index contributed by atoms with van der Waals surface area (Å²) in [5.74, 6) is -0.489. The Hall–Kier alpha value is -2.15. The Kier molecular flexibility index (Phi) is 7.98. The van der Waals surface area contributed by atoms with Crippen LogP contribution < -0.4 is 5.32 Å². The minimum absolute atomic E-state index is 0.0775. The zero-order valence-electron chi connectivity index (χ0n) is 22.4. The monoisotopic (exact) mass is 501 g/mol. The van der Waals surface area contributed by atoms with E-state index in [9.17, 15) is 14.4 Å². The second-order valence-corrected chi connectivity index (χ2v) is 11.9. The van der Waals surface area contributed by atoms with E-state index < -0.39 is 5.41 Å². The summed E-state index contributed by atoms with van der Waals surface area (Å²) >= 11 is 0. The molecule has 0 amide bonds. The maximum atomic E-state index is 12.6. The molecule has 3 aliphatic carbocycles. The summed E-state index contributed by atoms with van der Waals surface area (Å²) in [4.78, 5) is 36.4. The van der Waals surface area contributed by atoms with Gasteiger partial charge in [0.15, 0.2) is 0 Å². The molecule has 4 aliphatic rings. The molecular formula is C29H43NO6. The van der Waals surface area contributed by atoms with Crippen molar-refractivity contribution in [3.63, 3.8) is 0 Å². The number of carbonyl (C=O) groups excluding carboxylic acids is 3. The van der Waals surface area contributed by atoms with Crippen molar-refractivity contribution in [2.45, 2.75) is 104 Å². The van der Waals surface area contributed by atoms with Crippen LogP contribution in [-0.2, 0) is 28.6 Å². The number of rotatable bonds is 8. The molecular weight excluding hydrogens is 458 g/mol. The summed E-state index contributed by atoms with van der Waals surface area (Å²) in [5, 5.41) is 3.82. The average Bonchev–Trinajstić information content (AvgIpc) is 3.47. The van der Waals surface area contributed by atoms with Gasteiger partial charge in [-0.25, -0.2) is 4.79 Å². The van der Waals surface area contributed by atoms with Crippen LogP contribution in [-0.4, -0.2) is 49.3 Å². The summed E-state index contributed by atoms with van der Waals surface area (Å²) in [7, 11) is 0. The second-order valence-electron chi connectivity index (χ2n) is 11.9. The van der Waals surface area contributed by atoms with Gasteiger partial charge in [-0.15, -0.1) is 0 Å². The van der Waals surface area contributed by atoms with Crippen molar-refractivity contribution in [1.29, 1.82) is 0 Å². The molecule has 200 valence electrons. The zero-order valence-corrected chi connectivity index (χ0v) is 22.4. The number of carbonyl (C=O) groups is 3. The highest BCUT2D eigenvalue weighted by Gasteiger charge is 2.60. The summed E-state index contributed by atoms with van der Waals surface area (Å²) < 4.78 is 16.7. The van der Waals surface area contributed by atoms with Gasteiger partial charge >= 0.3 is 17.9 Å². The SMILES string of the molecule is C=C1CC[C@@H]2[C@](C)(COC(C)=O)[C@H](OC(C)=O)CC[C@@]2(C)[C@@H]1CC(NC1CCCC1)C1=CCOC1=O. The molecule has 1 unspecified atom stereocenters. The number of fused-ring (bicyclic) bond motifs is 1. The molecule has 0 radical (unpaired) electrons. The first-order chi connectivity index (χ1) is 17.0. The molecule has 36 heavy (non-hydrogen) atoms. The molecule has 1 N–H and O–H groups in total. The van der Waals surface area contributed by atoms with Crippen molar-refractivity contribution in [2.24, 2.45) is 22.7 Å². The Balaban J connectivity index is 1.64. The minimum Gasteiger partial charge on any atom is -0.465 e. The van der Waals surface area contributed by atoms with Gasteiger partial charge in [-0.3, -0.25) is 9.59 Å². The smallest absolute Gasteiger partial charge is 0.335 e. The predicted molar refractivity (Wildman–Crippen MR) is 136 cm³/mol. The zero-order chi connectivity index (χ0) is 26.1. The Labute approximate surface area is 215 Å². The van der Waals surface area contributed by atoms with E-state index in [4.69, 9.17) is 14.2 Å². The number of cyclic esters (lactones) is 1. The lowest BCUT2D eigenvalue weighted by molar-refractivity contribution is -0.191. The van der Waals surface area contributed by atoms with Gasteiger partial charge in [-0.2, -0.15) is 0 Å². The van der Waals surface area contributed by atoms with Crippen LogP contribution in [0.5, 0.6) is 0 Å². The van der Waals surface area contributed by atoms with Gasteiger partial charge in [0.1, 0.15) is 19.3 Å². The molecule has 0 aromatic heterocycles. The number of nitrogens with one attached hydrogen (secondary N) is 1. The molecule has 7 heteroatoms. The van der Waals surface area contributed by atoms with Crippen molar-refractivity contribution in [2.75, 3.05) is 13.2 Å². The number of hydrogen-bond acceptors (Lipinski definition) is 7. The third kappa shape index (κ3) is 5.27. The van der Waals surface area contributed by atoms with E-state index >= 15 is 0 Å². The van der Waals surface area contributed by atoms with Crippen molar-refractivity contribution in [3.05, 3.63) is 23.8 Å². The van der Waals surface area contributed by atoms with Crippen molar-refractivity contribution >= 4 is 17.9 Å². The molecule has 7 nitrogen and oxygen atoms in total. The molecule has 0 saturated heterocycles. The number of allylic oxidation sites excluding steroid dienone is 1. The number of hydrogen-bond donors (Lipinski definition) is 1. The van der Waals surface area contributed by atoms with E-state index in [1.54, 1.807) is 0 Å². The standard InChI is InChI=1S/C29H43NO6/c1-18-10-11-25-28(4,14-12-26(36-20(3)32)29(25,5)17-35-19(2)31)23(18)16-24(22-13-15-34-27(22)33)30-21-8-6-7-9-21/h13,21,23-26,30H,1,6-12,14-17H2,2-5H3/t23-,24?,25+,26-,28+,29+/m1/s1. The average molecular weight is 502 g/mol. The molecule has 1 heterocycles. The Bertz CT molecular complexity index is 921. The molecule has 0 bridgehead atoms. The molecule has 0 aromatic carbocycles. The van der Waals surface area contributed by atoms with Crippen molar-refractivity contribution in [3.8, 4) is 0 Å². The fourth-order valence-electron chi connectivity index (χ4n) is 7.81. The van der Waals surface area contributed by atoms with Crippen LogP contribution in [0.2, 0.25) is 0 Å². The maximum Gasteiger partial charge on any atom is 0.335 e. The van der Waals surface area contributed by atoms with E-state index in [1.165, 1.54) is 32.3 Å². The second kappa shape index (κ2) is 10.7. The quantitative estimate of drug-likeness (QED) is 0.294. The van der Waals surface area contributed by atoms with Crippen LogP contribution in [0.3, 0.4) is 0 Å². The highest BCUT2D eigenvalue weighted by Crippen LogP contribution is 2.62. The topological polar surface area (TPSA) is 90.9 Å². The Morgan fingerprint density at radius 3 is 2.50 bits per heavy atom. The van der Waals surface area contributed by atoms with E-state index in [0.29, 0.717) is 19.1 Å². The van der Waals surface area contributed by atoms with Crippen molar-refractivity contribution < 1.29 is 28.6 Å². The first kappa shape index (κ1) is 26.9. The predicted octanol–water partition coefficient (Wildman–Crippen LogP) is 4.64. The minimum atomic E-state index is -0.497. The lowest BCUT2D eigenvalue weighted by Gasteiger charge is -2.60. The third-order valence-electron chi connectivity index (χ3n) is 9.60. The normalized spacial score (nSPS) is 35.6.